The minimum absolute atomic E-state index is 0.560. The molecule has 0 amide bonds. The van der Waals surface area contributed by atoms with Gasteiger partial charge in [-0.25, -0.2) is 0 Å². The summed E-state index contributed by atoms with van der Waals surface area (Å²) in [4.78, 5) is 4.48. The summed E-state index contributed by atoms with van der Waals surface area (Å²) in [6, 6.07) is 7.78. The molecule has 0 spiro atoms. The lowest BCUT2D eigenvalue weighted by molar-refractivity contribution is 0.0621. The zero-order valence-electron chi connectivity index (χ0n) is 10.6. The molecule has 2 aromatic rings. The molecule has 0 aliphatic heterocycles. The van der Waals surface area contributed by atoms with Crippen LogP contribution in [0.1, 0.15) is 11.3 Å². The predicted octanol–water partition coefficient (Wildman–Crippen LogP) is 3.36. The number of hydrogen-bond donors (Lipinski definition) is 0. The summed E-state index contributed by atoms with van der Waals surface area (Å²) in [6.07, 6.45) is 0. The van der Waals surface area contributed by atoms with Crippen molar-refractivity contribution in [3.8, 4) is 0 Å². The van der Waals surface area contributed by atoms with E-state index < -0.39 is 0 Å². The van der Waals surface area contributed by atoms with Gasteiger partial charge in [-0.3, -0.25) is 4.98 Å². The fourth-order valence-electron chi connectivity index (χ4n) is 1.86. The Morgan fingerprint density at radius 3 is 2.83 bits per heavy atom. The van der Waals surface area contributed by atoms with Gasteiger partial charge < -0.3 is 9.47 Å². The van der Waals surface area contributed by atoms with Crippen LogP contribution in [0.3, 0.4) is 0 Å². The number of aryl methyl sites for hydroxylation is 1. The third kappa shape index (κ3) is 3.19. The van der Waals surface area contributed by atoms with Crippen molar-refractivity contribution in [1.29, 1.82) is 0 Å². The molecule has 0 atom stereocenters. The summed E-state index contributed by atoms with van der Waals surface area (Å²) < 4.78 is 10.5. The lowest BCUT2D eigenvalue weighted by Gasteiger charge is -2.09. The Balaban J connectivity index is 2.25. The van der Waals surface area contributed by atoms with Crippen molar-refractivity contribution in [3.63, 3.8) is 0 Å². The Morgan fingerprint density at radius 1 is 1.22 bits per heavy atom. The maximum atomic E-state index is 5.98. The molecule has 0 fully saturated rings. The van der Waals surface area contributed by atoms with Crippen molar-refractivity contribution in [2.75, 3.05) is 20.3 Å². The molecule has 18 heavy (non-hydrogen) atoms. The highest BCUT2D eigenvalue weighted by Gasteiger charge is 2.05. The molecule has 0 saturated carbocycles. The van der Waals surface area contributed by atoms with Gasteiger partial charge in [-0.05, 0) is 30.7 Å². The highest BCUT2D eigenvalue weighted by molar-refractivity contribution is 6.31. The van der Waals surface area contributed by atoms with E-state index in [0.29, 0.717) is 24.8 Å². The Bertz CT molecular complexity index is 537. The summed E-state index contributed by atoms with van der Waals surface area (Å²) in [5.41, 5.74) is 3.01. The van der Waals surface area contributed by atoms with E-state index in [2.05, 4.69) is 4.98 Å². The molecule has 1 heterocycles. The summed E-state index contributed by atoms with van der Waals surface area (Å²) in [5, 5.41) is 1.79. The van der Waals surface area contributed by atoms with Gasteiger partial charge in [0.1, 0.15) is 0 Å². The van der Waals surface area contributed by atoms with Gasteiger partial charge in [-0.2, -0.15) is 0 Å². The molecule has 1 aromatic heterocycles. The van der Waals surface area contributed by atoms with Crippen LogP contribution in [0.15, 0.2) is 24.3 Å². The monoisotopic (exact) mass is 265 g/mol. The molecular weight excluding hydrogens is 250 g/mol. The lowest BCUT2D eigenvalue weighted by atomic mass is 10.1. The maximum Gasteiger partial charge on any atom is 0.0725 e. The first kappa shape index (κ1) is 13.3. The highest BCUT2D eigenvalue weighted by Crippen LogP contribution is 2.22. The minimum Gasteiger partial charge on any atom is -0.382 e. The van der Waals surface area contributed by atoms with Crippen LogP contribution < -0.4 is 0 Å². The number of nitrogens with zero attached hydrogens (tertiary/aromatic N) is 1. The first-order chi connectivity index (χ1) is 8.70. The molecule has 0 aliphatic rings. The Hall–Kier alpha value is -1.16. The number of aromatic nitrogens is 1. The quantitative estimate of drug-likeness (QED) is 0.777. The van der Waals surface area contributed by atoms with Crippen LogP contribution in [0.4, 0.5) is 0 Å². The van der Waals surface area contributed by atoms with Crippen molar-refractivity contribution >= 4 is 22.5 Å². The van der Waals surface area contributed by atoms with E-state index in [-0.39, 0.29) is 0 Å². The fourth-order valence-corrected chi connectivity index (χ4v) is 2.03. The van der Waals surface area contributed by atoms with Crippen molar-refractivity contribution in [2.45, 2.75) is 13.5 Å². The van der Waals surface area contributed by atoms with Crippen molar-refractivity contribution in [3.05, 3.63) is 40.5 Å². The van der Waals surface area contributed by atoms with E-state index in [1.54, 1.807) is 7.11 Å². The number of hydrogen-bond acceptors (Lipinski definition) is 3. The molecule has 0 radical (unpaired) electrons. The minimum atomic E-state index is 0.560. The van der Waals surface area contributed by atoms with Gasteiger partial charge in [0, 0.05) is 23.2 Å². The van der Waals surface area contributed by atoms with Crippen molar-refractivity contribution < 1.29 is 9.47 Å². The van der Waals surface area contributed by atoms with Gasteiger partial charge in [0.15, 0.2) is 0 Å². The maximum absolute atomic E-state index is 5.98. The zero-order valence-corrected chi connectivity index (χ0v) is 11.3. The lowest BCUT2D eigenvalue weighted by Crippen LogP contribution is -2.03. The molecule has 3 nitrogen and oxygen atoms in total. The van der Waals surface area contributed by atoms with E-state index >= 15 is 0 Å². The Labute approximate surface area is 112 Å². The summed E-state index contributed by atoms with van der Waals surface area (Å²) in [5.74, 6) is 0. The van der Waals surface area contributed by atoms with Crippen LogP contribution in [0.25, 0.3) is 10.9 Å². The van der Waals surface area contributed by atoms with Gasteiger partial charge in [0.2, 0.25) is 0 Å². The van der Waals surface area contributed by atoms with Gasteiger partial charge in [0.05, 0.1) is 25.3 Å². The van der Waals surface area contributed by atoms with E-state index in [0.717, 1.165) is 22.2 Å². The first-order valence-electron chi connectivity index (χ1n) is 5.83. The van der Waals surface area contributed by atoms with Crippen LogP contribution in [-0.2, 0) is 16.1 Å². The third-order valence-electron chi connectivity index (χ3n) is 2.68. The number of pyridine rings is 1. The molecule has 0 bridgehead atoms. The number of methoxy groups -OCH3 is 1. The molecule has 4 heteroatoms. The average molecular weight is 266 g/mol. The zero-order chi connectivity index (χ0) is 13.0. The number of rotatable bonds is 5. The van der Waals surface area contributed by atoms with Crippen molar-refractivity contribution in [2.24, 2.45) is 0 Å². The molecule has 96 valence electrons. The summed E-state index contributed by atoms with van der Waals surface area (Å²) in [7, 11) is 1.66. The van der Waals surface area contributed by atoms with Crippen LogP contribution in [-0.4, -0.2) is 25.3 Å². The number of ether oxygens (including phenoxy) is 2. The average Bonchev–Trinajstić information content (AvgIpc) is 2.33. The SMILES string of the molecule is COCCOCc1cc(C)nc2cc(Cl)ccc12. The van der Waals surface area contributed by atoms with Crippen LogP contribution in [0.5, 0.6) is 0 Å². The van der Waals surface area contributed by atoms with Gasteiger partial charge in [-0.15, -0.1) is 0 Å². The van der Waals surface area contributed by atoms with Gasteiger partial charge in [-0.1, -0.05) is 17.7 Å². The second-order valence-corrected chi connectivity index (χ2v) is 4.57. The largest absolute Gasteiger partial charge is 0.382 e. The van der Waals surface area contributed by atoms with Crippen molar-refractivity contribution in [1.82, 2.24) is 4.98 Å². The van der Waals surface area contributed by atoms with E-state index in [1.807, 2.05) is 31.2 Å². The second kappa shape index (κ2) is 6.14. The summed E-state index contributed by atoms with van der Waals surface area (Å²) in [6.45, 7) is 3.73. The number of fused-ring (bicyclic) bond motifs is 1. The van der Waals surface area contributed by atoms with Gasteiger partial charge >= 0.3 is 0 Å². The molecule has 0 saturated heterocycles. The molecule has 2 rings (SSSR count). The Kier molecular flexibility index (Phi) is 4.53. The van der Waals surface area contributed by atoms with Crippen LogP contribution in [0, 0.1) is 6.92 Å². The highest BCUT2D eigenvalue weighted by atomic mass is 35.5. The van der Waals surface area contributed by atoms with Crippen LogP contribution >= 0.6 is 11.6 Å². The molecule has 0 aliphatic carbocycles. The van der Waals surface area contributed by atoms with E-state index in [1.165, 1.54) is 0 Å². The molecule has 0 N–H and O–H groups in total. The summed E-state index contributed by atoms with van der Waals surface area (Å²) >= 11 is 5.98. The number of halogens is 1. The molecule has 0 unspecified atom stereocenters. The van der Waals surface area contributed by atoms with E-state index in [4.69, 9.17) is 21.1 Å². The normalized spacial score (nSPS) is 11.1. The van der Waals surface area contributed by atoms with Gasteiger partial charge in [0.25, 0.3) is 0 Å². The third-order valence-corrected chi connectivity index (χ3v) is 2.91. The Morgan fingerprint density at radius 2 is 2.06 bits per heavy atom. The number of benzene rings is 1. The fraction of sp³-hybridized carbons (Fsp3) is 0.357. The topological polar surface area (TPSA) is 31.4 Å². The van der Waals surface area contributed by atoms with Crippen LogP contribution in [0.2, 0.25) is 5.02 Å². The molecule has 1 aromatic carbocycles. The second-order valence-electron chi connectivity index (χ2n) is 4.13. The van der Waals surface area contributed by atoms with E-state index in [9.17, 15) is 0 Å². The standard InChI is InChI=1S/C14H16ClNO2/c1-10-7-11(9-18-6-5-17-2)13-4-3-12(15)8-14(13)16-10/h3-4,7-8H,5-6,9H2,1-2H3. The predicted molar refractivity (Wildman–Crippen MR) is 73.0 cm³/mol. The first-order valence-corrected chi connectivity index (χ1v) is 6.21. The molecular formula is C14H16ClNO2. The smallest absolute Gasteiger partial charge is 0.0725 e.